The summed E-state index contributed by atoms with van der Waals surface area (Å²) in [4.78, 5) is 5.33. The predicted molar refractivity (Wildman–Crippen MR) is 135 cm³/mol. The van der Waals surface area contributed by atoms with Crippen LogP contribution in [0, 0.1) is 0 Å². The molecule has 1 atom stereocenters. The lowest BCUT2D eigenvalue weighted by atomic mass is 9.91. The van der Waals surface area contributed by atoms with E-state index < -0.39 is 10.0 Å². The maximum absolute atomic E-state index is 13.6. The molecule has 8 heteroatoms. The first-order chi connectivity index (χ1) is 17.5. The summed E-state index contributed by atoms with van der Waals surface area (Å²) >= 11 is 0. The van der Waals surface area contributed by atoms with Crippen LogP contribution in [0.3, 0.4) is 0 Å². The van der Waals surface area contributed by atoms with E-state index in [1.807, 2.05) is 30.3 Å². The van der Waals surface area contributed by atoms with Gasteiger partial charge in [0.15, 0.2) is 0 Å². The zero-order valence-electron chi connectivity index (χ0n) is 20.4. The number of aryl methyl sites for hydroxylation is 1. The van der Waals surface area contributed by atoms with E-state index in [1.54, 1.807) is 22.5 Å². The van der Waals surface area contributed by atoms with Crippen molar-refractivity contribution in [3.63, 3.8) is 0 Å². The van der Waals surface area contributed by atoms with Crippen molar-refractivity contribution in [2.45, 2.75) is 63.4 Å². The number of hydrogen-bond donors (Lipinski definition) is 0. The number of hydrogen-bond acceptors (Lipinski definition) is 6. The summed E-state index contributed by atoms with van der Waals surface area (Å²) < 4.78 is 46.6. The smallest absolute Gasteiger partial charge is 0.243 e. The van der Waals surface area contributed by atoms with Gasteiger partial charge in [0.05, 0.1) is 29.9 Å². The van der Waals surface area contributed by atoms with E-state index in [-0.39, 0.29) is 6.10 Å². The molecular formula is C28H30N2O5S. The van der Waals surface area contributed by atoms with Crippen molar-refractivity contribution in [3.05, 3.63) is 82.2 Å². The van der Waals surface area contributed by atoms with Crippen LogP contribution in [0.25, 0.3) is 0 Å². The molecule has 6 rings (SSSR count). The number of pyridine rings is 1. The highest BCUT2D eigenvalue weighted by atomic mass is 32.2. The summed E-state index contributed by atoms with van der Waals surface area (Å²) in [6.07, 6.45) is 3.11. The third kappa shape index (κ3) is 4.38. The molecule has 188 valence electrons. The fourth-order valence-electron chi connectivity index (χ4n) is 5.33. The van der Waals surface area contributed by atoms with Crippen LogP contribution in [0.5, 0.6) is 11.5 Å². The highest BCUT2D eigenvalue weighted by Gasteiger charge is 2.34. The van der Waals surface area contributed by atoms with Gasteiger partial charge in [-0.1, -0.05) is 18.2 Å². The fraction of sp³-hybridized carbons (Fsp3) is 0.393. The van der Waals surface area contributed by atoms with E-state index in [2.05, 4.69) is 6.92 Å². The number of ether oxygens (including phenoxy) is 3. The first-order valence-corrected chi connectivity index (χ1v) is 14.0. The molecule has 0 aliphatic carbocycles. The molecule has 3 aliphatic rings. The van der Waals surface area contributed by atoms with Crippen LogP contribution >= 0.6 is 0 Å². The number of benzene rings is 2. The second-order valence-electron chi connectivity index (χ2n) is 9.68. The number of rotatable bonds is 5. The van der Waals surface area contributed by atoms with Crippen LogP contribution < -0.4 is 9.47 Å². The second-order valence-corrected chi connectivity index (χ2v) is 11.6. The zero-order valence-corrected chi connectivity index (χ0v) is 21.2. The summed E-state index contributed by atoms with van der Waals surface area (Å²) in [7, 11) is -3.65. The predicted octanol–water partition coefficient (Wildman–Crippen LogP) is 4.19. The Balaban J connectivity index is 1.31. The topological polar surface area (TPSA) is 78.0 Å². The Bertz CT molecular complexity index is 1390. The third-order valence-corrected chi connectivity index (χ3v) is 9.11. The SMILES string of the molecule is C[C@H]1Cc2c(COc3ccccc3)nc3c(c2CO1)CN(S(=O)(=O)c1ccc2c(c1)CCCO2)CC3. The summed E-state index contributed by atoms with van der Waals surface area (Å²) in [5.41, 5.74) is 6.02. The second kappa shape index (κ2) is 9.50. The normalized spacial score (nSPS) is 19.5. The van der Waals surface area contributed by atoms with E-state index in [1.165, 1.54) is 0 Å². The molecule has 0 radical (unpaired) electrons. The lowest BCUT2D eigenvalue weighted by Gasteiger charge is -2.33. The van der Waals surface area contributed by atoms with Crippen LogP contribution in [0.2, 0.25) is 0 Å². The quantitative estimate of drug-likeness (QED) is 0.516. The molecule has 0 bridgehead atoms. The molecule has 0 N–H and O–H groups in total. The standard InChI is InChI=1S/C28H30N2O5S/c1-19-14-23-25(17-34-19)24-16-30(36(31,32)22-9-10-28-20(15-22)6-5-13-33-28)12-11-26(24)29-27(23)18-35-21-7-3-2-4-8-21/h2-4,7-10,15,19H,5-6,11-14,16-18H2,1H3/t19-/m0/s1. The molecule has 0 fully saturated rings. The summed E-state index contributed by atoms with van der Waals surface area (Å²) in [6.45, 7) is 4.28. The Morgan fingerprint density at radius 1 is 1.08 bits per heavy atom. The molecule has 3 aromatic rings. The van der Waals surface area contributed by atoms with Crippen molar-refractivity contribution < 1.29 is 22.6 Å². The fourth-order valence-corrected chi connectivity index (χ4v) is 6.79. The molecule has 4 heterocycles. The average molecular weight is 507 g/mol. The molecule has 0 amide bonds. The molecule has 2 aromatic carbocycles. The lowest BCUT2D eigenvalue weighted by Crippen LogP contribution is -2.38. The van der Waals surface area contributed by atoms with E-state index in [9.17, 15) is 8.42 Å². The molecule has 0 spiro atoms. The van der Waals surface area contributed by atoms with E-state index in [0.717, 1.165) is 64.4 Å². The maximum Gasteiger partial charge on any atom is 0.243 e. The highest BCUT2D eigenvalue weighted by molar-refractivity contribution is 7.89. The molecule has 0 saturated carbocycles. The van der Waals surface area contributed by atoms with E-state index >= 15 is 0 Å². The number of fused-ring (bicyclic) bond motifs is 4. The van der Waals surface area contributed by atoms with Gasteiger partial charge in [0.2, 0.25) is 10.0 Å². The van der Waals surface area contributed by atoms with Gasteiger partial charge in [-0.05, 0) is 72.4 Å². The molecule has 1 aromatic heterocycles. The minimum absolute atomic E-state index is 0.0777. The Kier molecular flexibility index (Phi) is 6.19. The van der Waals surface area contributed by atoms with Gasteiger partial charge in [-0.2, -0.15) is 4.31 Å². The molecule has 0 saturated heterocycles. The first kappa shape index (κ1) is 23.5. The Morgan fingerprint density at radius 2 is 1.94 bits per heavy atom. The van der Waals surface area contributed by atoms with Crippen molar-refractivity contribution in [2.24, 2.45) is 0 Å². The van der Waals surface area contributed by atoms with E-state index in [0.29, 0.717) is 44.2 Å². The summed E-state index contributed by atoms with van der Waals surface area (Å²) in [5, 5.41) is 0. The average Bonchev–Trinajstić information content (AvgIpc) is 2.91. The van der Waals surface area contributed by atoms with Crippen LogP contribution in [0.4, 0.5) is 0 Å². The van der Waals surface area contributed by atoms with Gasteiger partial charge in [-0.15, -0.1) is 0 Å². The molecule has 3 aliphatic heterocycles. The number of sulfonamides is 1. The van der Waals surface area contributed by atoms with Gasteiger partial charge < -0.3 is 14.2 Å². The van der Waals surface area contributed by atoms with Crippen molar-refractivity contribution in [1.29, 1.82) is 0 Å². The Labute approximate surface area is 212 Å². The molecular weight excluding hydrogens is 476 g/mol. The summed E-state index contributed by atoms with van der Waals surface area (Å²) in [6, 6.07) is 15.0. The Morgan fingerprint density at radius 3 is 2.81 bits per heavy atom. The number of aromatic nitrogens is 1. The van der Waals surface area contributed by atoms with E-state index in [4.69, 9.17) is 19.2 Å². The van der Waals surface area contributed by atoms with Crippen molar-refractivity contribution in [1.82, 2.24) is 9.29 Å². The van der Waals surface area contributed by atoms with Crippen LogP contribution in [-0.4, -0.2) is 37.0 Å². The van der Waals surface area contributed by atoms with Gasteiger partial charge in [0, 0.05) is 31.6 Å². The van der Waals surface area contributed by atoms with Crippen LogP contribution in [-0.2, 0) is 53.8 Å². The van der Waals surface area contributed by atoms with Gasteiger partial charge >= 0.3 is 0 Å². The first-order valence-electron chi connectivity index (χ1n) is 12.6. The number of para-hydroxylation sites is 1. The minimum Gasteiger partial charge on any atom is -0.493 e. The van der Waals surface area contributed by atoms with Gasteiger partial charge in [0.25, 0.3) is 0 Å². The summed E-state index contributed by atoms with van der Waals surface area (Å²) in [5.74, 6) is 1.59. The Hall–Kier alpha value is -2.94. The van der Waals surface area contributed by atoms with Crippen molar-refractivity contribution in [2.75, 3.05) is 13.2 Å². The number of nitrogens with zero attached hydrogens (tertiary/aromatic N) is 2. The third-order valence-electron chi connectivity index (χ3n) is 7.27. The van der Waals surface area contributed by atoms with Crippen molar-refractivity contribution in [3.8, 4) is 11.5 Å². The zero-order chi connectivity index (χ0) is 24.7. The maximum atomic E-state index is 13.6. The molecule has 0 unspecified atom stereocenters. The van der Waals surface area contributed by atoms with Gasteiger partial charge in [-0.3, -0.25) is 4.98 Å². The molecule has 7 nitrogen and oxygen atoms in total. The molecule has 36 heavy (non-hydrogen) atoms. The largest absolute Gasteiger partial charge is 0.493 e. The lowest BCUT2D eigenvalue weighted by molar-refractivity contribution is 0.0391. The van der Waals surface area contributed by atoms with Gasteiger partial charge in [-0.25, -0.2) is 8.42 Å². The van der Waals surface area contributed by atoms with Crippen LogP contribution in [0.1, 0.15) is 47.0 Å². The van der Waals surface area contributed by atoms with Gasteiger partial charge in [0.1, 0.15) is 18.1 Å². The highest BCUT2D eigenvalue weighted by Crippen LogP contribution is 2.35. The van der Waals surface area contributed by atoms with Crippen LogP contribution in [0.15, 0.2) is 53.4 Å². The monoisotopic (exact) mass is 506 g/mol. The minimum atomic E-state index is -3.65. The van der Waals surface area contributed by atoms with Crippen molar-refractivity contribution >= 4 is 10.0 Å².